The molecule has 0 saturated heterocycles. The minimum atomic E-state index is -4.96. The number of aliphatic hydroxyl groups is 1. The molecule has 17 nitrogen and oxygen atoms in total. The van der Waals surface area contributed by atoms with E-state index in [1.807, 2.05) is 0 Å². The SMILES string of the molecule is CCCCCCCCCCCCCCCCCC(=O)OC[C@H](COP(=O)(O)OC[C@@H](O)COP(=O)(O)OC[C@@H](COC(=O)CCCCCCCCC)OC(=O)CCCCCCCCCCCCCC(C)C)OC(=O)CCCCCCCCCCCCCCCCCCC(C)C. The first kappa shape index (κ1) is 93.1. The van der Waals surface area contributed by atoms with E-state index in [-0.39, 0.29) is 25.7 Å². The molecule has 3 N–H and O–H groups in total. The average Bonchev–Trinajstić information content (AvgIpc) is 1.34. The zero-order valence-corrected chi connectivity index (χ0v) is 63.8. The fraction of sp³-hybridized carbons (Fsp3) is 0.947. The van der Waals surface area contributed by atoms with Gasteiger partial charge < -0.3 is 33.8 Å². The minimum Gasteiger partial charge on any atom is -0.462 e. The van der Waals surface area contributed by atoms with Crippen LogP contribution in [-0.4, -0.2) is 96.7 Å². The van der Waals surface area contributed by atoms with Crippen LogP contribution in [0.5, 0.6) is 0 Å². The molecule has 0 rings (SSSR count). The largest absolute Gasteiger partial charge is 0.472 e. The molecule has 0 bridgehead atoms. The summed E-state index contributed by atoms with van der Waals surface area (Å²) in [6.45, 7) is 9.59. The molecular weight excluding hydrogens is 1250 g/mol. The van der Waals surface area contributed by atoms with Crippen molar-refractivity contribution in [3.8, 4) is 0 Å². The molecule has 0 aromatic carbocycles. The number of carbonyl (C=O) groups is 4. The summed E-state index contributed by atoms with van der Waals surface area (Å²) in [6.07, 6.45) is 55.6. The van der Waals surface area contributed by atoms with Crippen molar-refractivity contribution in [2.45, 2.75) is 413 Å². The lowest BCUT2D eigenvalue weighted by Crippen LogP contribution is -2.30. The standard InChI is InChI=1S/C76H148O17P2/c1-7-9-11-13-15-16-17-18-21-25-30-35-41-47-53-59-74(79)87-65-72(93-75(80)60-54-48-42-36-31-26-23-20-19-22-24-28-33-39-44-50-56-68(3)4)67-91-95(84,85)89-63-70(77)62-88-94(82,83)90-66-71(64-86-73(78)58-52-46-38-14-12-10-8-2)92-76(81)61-55-49-43-37-32-27-29-34-40-45-51-57-69(5)6/h68-72,77H,7-67H2,1-6H3,(H,82,83)(H,84,85)/t70-,71+,72+/m0/s1. The Morgan fingerprint density at radius 1 is 0.284 bits per heavy atom. The van der Waals surface area contributed by atoms with Crippen LogP contribution in [0.4, 0.5) is 0 Å². The average molecular weight is 1400 g/mol. The second-order valence-corrected chi connectivity index (χ2v) is 31.3. The van der Waals surface area contributed by atoms with Gasteiger partial charge in [0.1, 0.15) is 19.3 Å². The number of hydrogen-bond donors (Lipinski definition) is 3. The Morgan fingerprint density at radius 2 is 0.484 bits per heavy atom. The van der Waals surface area contributed by atoms with Crippen LogP contribution >= 0.6 is 15.6 Å². The van der Waals surface area contributed by atoms with Crippen molar-refractivity contribution < 1.29 is 80.2 Å². The Bertz CT molecular complexity index is 1840. The lowest BCUT2D eigenvalue weighted by Gasteiger charge is -2.21. The minimum absolute atomic E-state index is 0.106. The number of ether oxygens (including phenoxy) is 4. The predicted molar refractivity (Wildman–Crippen MR) is 386 cm³/mol. The van der Waals surface area contributed by atoms with Gasteiger partial charge in [-0.25, -0.2) is 9.13 Å². The topological polar surface area (TPSA) is 237 Å². The van der Waals surface area contributed by atoms with Crippen molar-refractivity contribution in [3.63, 3.8) is 0 Å². The van der Waals surface area contributed by atoms with E-state index in [2.05, 4.69) is 41.5 Å². The molecule has 0 aromatic rings. The molecule has 0 heterocycles. The number of rotatable bonds is 75. The first-order valence-electron chi connectivity index (χ1n) is 39.5. The molecule has 0 aliphatic heterocycles. The van der Waals surface area contributed by atoms with Crippen LogP contribution in [0.3, 0.4) is 0 Å². The molecule has 0 spiro atoms. The van der Waals surface area contributed by atoms with E-state index in [0.717, 1.165) is 115 Å². The maximum atomic E-state index is 13.1. The summed E-state index contributed by atoms with van der Waals surface area (Å²) in [5, 5.41) is 10.6. The quantitative estimate of drug-likeness (QED) is 0.0222. The Hall–Kier alpha value is -1.94. The van der Waals surface area contributed by atoms with Crippen LogP contribution in [0.2, 0.25) is 0 Å². The van der Waals surface area contributed by atoms with Crippen molar-refractivity contribution in [1.29, 1.82) is 0 Å². The zero-order chi connectivity index (χ0) is 70.0. The van der Waals surface area contributed by atoms with Crippen molar-refractivity contribution in [3.05, 3.63) is 0 Å². The highest BCUT2D eigenvalue weighted by Gasteiger charge is 2.30. The number of carbonyl (C=O) groups excluding carboxylic acids is 4. The highest BCUT2D eigenvalue weighted by atomic mass is 31.2. The van der Waals surface area contributed by atoms with E-state index in [0.29, 0.717) is 25.7 Å². The molecule has 0 saturated carbocycles. The first-order chi connectivity index (χ1) is 45.9. The number of hydrogen-bond acceptors (Lipinski definition) is 15. The van der Waals surface area contributed by atoms with Gasteiger partial charge in [0.05, 0.1) is 26.4 Å². The third-order valence-electron chi connectivity index (χ3n) is 17.7. The molecule has 0 aliphatic carbocycles. The maximum Gasteiger partial charge on any atom is 0.472 e. The lowest BCUT2D eigenvalue weighted by molar-refractivity contribution is -0.161. The van der Waals surface area contributed by atoms with Gasteiger partial charge in [-0.15, -0.1) is 0 Å². The molecule has 95 heavy (non-hydrogen) atoms. The van der Waals surface area contributed by atoms with E-state index >= 15 is 0 Å². The Balaban J connectivity index is 5.19. The second kappa shape index (κ2) is 67.9. The fourth-order valence-electron chi connectivity index (χ4n) is 11.7. The number of aliphatic hydroxyl groups excluding tert-OH is 1. The molecule has 564 valence electrons. The summed E-state index contributed by atoms with van der Waals surface area (Å²) >= 11 is 0. The van der Waals surface area contributed by atoms with Crippen LogP contribution in [0.15, 0.2) is 0 Å². The van der Waals surface area contributed by atoms with Gasteiger partial charge in [-0.3, -0.25) is 37.3 Å². The first-order valence-corrected chi connectivity index (χ1v) is 42.5. The molecule has 0 aromatic heterocycles. The molecule has 0 amide bonds. The number of unbranched alkanes of at least 4 members (excludes halogenated alkanes) is 45. The van der Waals surface area contributed by atoms with Gasteiger partial charge in [0.15, 0.2) is 12.2 Å². The summed E-state index contributed by atoms with van der Waals surface area (Å²) in [6, 6.07) is 0. The molecule has 5 atom stereocenters. The third-order valence-corrected chi connectivity index (χ3v) is 19.6. The normalized spacial score (nSPS) is 14.0. The summed E-state index contributed by atoms with van der Waals surface area (Å²) in [7, 11) is -9.91. The van der Waals surface area contributed by atoms with Crippen molar-refractivity contribution in [2.75, 3.05) is 39.6 Å². The Morgan fingerprint density at radius 3 is 0.716 bits per heavy atom. The number of phosphoric ester groups is 2. The highest BCUT2D eigenvalue weighted by molar-refractivity contribution is 7.47. The lowest BCUT2D eigenvalue weighted by atomic mass is 10.0. The molecule has 0 fully saturated rings. The molecule has 0 radical (unpaired) electrons. The van der Waals surface area contributed by atoms with Gasteiger partial charge in [-0.2, -0.15) is 0 Å². The molecule has 2 unspecified atom stereocenters. The van der Waals surface area contributed by atoms with Crippen LogP contribution in [0, 0.1) is 11.8 Å². The highest BCUT2D eigenvalue weighted by Crippen LogP contribution is 2.45. The van der Waals surface area contributed by atoms with Crippen LogP contribution < -0.4 is 0 Å². The fourth-order valence-corrected chi connectivity index (χ4v) is 13.2. The zero-order valence-electron chi connectivity index (χ0n) is 62.0. The molecule has 0 aliphatic rings. The summed E-state index contributed by atoms with van der Waals surface area (Å²) in [5.41, 5.74) is 0. The third kappa shape index (κ3) is 70.3. The summed E-state index contributed by atoms with van der Waals surface area (Å²) in [4.78, 5) is 72.7. The van der Waals surface area contributed by atoms with Gasteiger partial charge in [0, 0.05) is 25.7 Å². The maximum absolute atomic E-state index is 13.1. The predicted octanol–water partition coefficient (Wildman–Crippen LogP) is 22.3. The van der Waals surface area contributed by atoms with Gasteiger partial charge in [-0.05, 0) is 37.5 Å². The van der Waals surface area contributed by atoms with Crippen molar-refractivity contribution in [2.24, 2.45) is 11.8 Å². The van der Waals surface area contributed by atoms with E-state index in [1.165, 1.54) is 199 Å². The number of phosphoric acid groups is 2. The number of esters is 4. The van der Waals surface area contributed by atoms with E-state index < -0.39 is 97.5 Å². The monoisotopic (exact) mass is 1400 g/mol. The summed E-state index contributed by atoms with van der Waals surface area (Å²) < 4.78 is 68.4. The van der Waals surface area contributed by atoms with Crippen molar-refractivity contribution in [1.82, 2.24) is 0 Å². The van der Waals surface area contributed by atoms with Crippen LogP contribution in [-0.2, 0) is 65.4 Å². The smallest absolute Gasteiger partial charge is 0.462 e. The summed E-state index contributed by atoms with van der Waals surface area (Å²) in [5.74, 6) is -0.544. The van der Waals surface area contributed by atoms with Crippen LogP contribution in [0.25, 0.3) is 0 Å². The molecular formula is C76H148O17P2. The van der Waals surface area contributed by atoms with E-state index in [4.69, 9.17) is 37.0 Å². The van der Waals surface area contributed by atoms with Gasteiger partial charge >= 0.3 is 39.5 Å². The van der Waals surface area contributed by atoms with E-state index in [1.54, 1.807) is 0 Å². The Kier molecular flexibility index (Phi) is 66.5. The van der Waals surface area contributed by atoms with Gasteiger partial charge in [-0.1, -0.05) is 343 Å². The van der Waals surface area contributed by atoms with E-state index in [9.17, 15) is 43.2 Å². The van der Waals surface area contributed by atoms with Gasteiger partial charge in [0.25, 0.3) is 0 Å². The van der Waals surface area contributed by atoms with Gasteiger partial charge in [0.2, 0.25) is 0 Å². The van der Waals surface area contributed by atoms with Crippen molar-refractivity contribution >= 4 is 39.5 Å². The Labute approximate surface area is 581 Å². The second-order valence-electron chi connectivity index (χ2n) is 28.3. The molecule has 19 heteroatoms. The van der Waals surface area contributed by atoms with Crippen LogP contribution in [0.1, 0.15) is 395 Å².